The van der Waals surface area contributed by atoms with Crippen molar-refractivity contribution in [3.05, 3.63) is 77.4 Å². The average Bonchev–Trinajstić information content (AvgIpc) is 3.54. The topological polar surface area (TPSA) is 76.7 Å². The number of carbonyl (C=O) groups excluding carboxylic acids is 2. The lowest BCUT2D eigenvalue weighted by molar-refractivity contribution is -0.118. The first-order chi connectivity index (χ1) is 16.0. The third-order valence-corrected chi connectivity index (χ3v) is 6.54. The maximum Gasteiger partial charge on any atom is 0.251 e. The van der Waals surface area contributed by atoms with E-state index in [0.29, 0.717) is 11.3 Å². The van der Waals surface area contributed by atoms with E-state index >= 15 is 0 Å². The Hall–Kier alpha value is -3.80. The van der Waals surface area contributed by atoms with Crippen LogP contribution in [-0.4, -0.2) is 25.7 Å². The van der Waals surface area contributed by atoms with Crippen LogP contribution in [0.2, 0.25) is 0 Å². The molecule has 2 N–H and O–H groups in total. The largest absolute Gasteiger partial charge is 0.454 e. The molecular formula is C27H26N2O4. The normalized spacial score (nSPS) is 15.1. The van der Waals surface area contributed by atoms with Crippen LogP contribution >= 0.6 is 0 Å². The molecule has 3 aromatic carbocycles. The zero-order valence-electron chi connectivity index (χ0n) is 18.7. The molecule has 1 saturated carbocycles. The molecule has 6 nitrogen and oxygen atoms in total. The zero-order chi connectivity index (χ0) is 23.0. The summed E-state index contributed by atoms with van der Waals surface area (Å²) in [6, 6.07) is 19.3. The third kappa shape index (κ3) is 3.82. The van der Waals surface area contributed by atoms with Crippen LogP contribution in [-0.2, 0) is 16.6 Å². The number of hydrogen-bond acceptors (Lipinski definition) is 4. The Morgan fingerprint density at radius 2 is 1.70 bits per heavy atom. The SMILES string of the molecule is CCc1ccc(NC(=O)C2(c3ccc4c(c3)OCO4)CC2)cc1-c1ccc(C(=O)NC)cc1. The summed E-state index contributed by atoms with van der Waals surface area (Å²) in [4.78, 5) is 25.2. The van der Waals surface area contributed by atoms with Gasteiger partial charge in [0.05, 0.1) is 5.41 Å². The molecule has 0 unspecified atom stereocenters. The summed E-state index contributed by atoms with van der Waals surface area (Å²) in [5, 5.41) is 5.78. The maximum absolute atomic E-state index is 13.3. The minimum Gasteiger partial charge on any atom is -0.454 e. The van der Waals surface area contributed by atoms with Crippen molar-refractivity contribution in [1.29, 1.82) is 0 Å². The number of carbonyl (C=O) groups is 2. The highest BCUT2D eigenvalue weighted by Gasteiger charge is 2.51. The first kappa shape index (κ1) is 21.1. The van der Waals surface area contributed by atoms with E-state index in [1.54, 1.807) is 7.05 Å². The molecule has 5 rings (SSSR count). The molecule has 0 radical (unpaired) electrons. The van der Waals surface area contributed by atoms with E-state index in [4.69, 9.17) is 9.47 Å². The van der Waals surface area contributed by atoms with Crippen molar-refractivity contribution in [3.8, 4) is 22.6 Å². The van der Waals surface area contributed by atoms with Gasteiger partial charge in [-0.3, -0.25) is 9.59 Å². The van der Waals surface area contributed by atoms with Gasteiger partial charge in [-0.2, -0.15) is 0 Å². The van der Waals surface area contributed by atoms with Crippen molar-refractivity contribution in [3.63, 3.8) is 0 Å². The molecule has 2 amide bonds. The summed E-state index contributed by atoms with van der Waals surface area (Å²) < 4.78 is 10.9. The number of ether oxygens (including phenoxy) is 2. The Morgan fingerprint density at radius 3 is 2.39 bits per heavy atom. The van der Waals surface area contributed by atoms with E-state index in [9.17, 15) is 9.59 Å². The molecule has 1 aliphatic heterocycles. The van der Waals surface area contributed by atoms with E-state index in [1.165, 1.54) is 5.56 Å². The van der Waals surface area contributed by atoms with Crippen LogP contribution in [0.4, 0.5) is 5.69 Å². The Kier molecular flexibility index (Phi) is 5.29. The zero-order valence-corrected chi connectivity index (χ0v) is 18.7. The van der Waals surface area contributed by atoms with E-state index in [1.807, 2.05) is 54.6 Å². The van der Waals surface area contributed by atoms with Gasteiger partial charge in [-0.05, 0) is 77.9 Å². The van der Waals surface area contributed by atoms with Crippen LogP contribution in [0, 0.1) is 0 Å². The summed E-state index contributed by atoms with van der Waals surface area (Å²) in [5.74, 6) is 1.29. The molecule has 3 aromatic rings. The van der Waals surface area contributed by atoms with Gasteiger partial charge in [0.15, 0.2) is 11.5 Å². The van der Waals surface area contributed by atoms with Gasteiger partial charge < -0.3 is 20.1 Å². The van der Waals surface area contributed by atoms with Crippen LogP contribution < -0.4 is 20.1 Å². The fourth-order valence-electron chi connectivity index (χ4n) is 4.39. The van der Waals surface area contributed by atoms with Crippen LogP contribution in [0.25, 0.3) is 11.1 Å². The van der Waals surface area contributed by atoms with Gasteiger partial charge in [-0.25, -0.2) is 0 Å². The number of rotatable bonds is 6. The molecule has 33 heavy (non-hydrogen) atoms. The summed E-state index contributed by atoms with van der Waals surface area (Å²) >= 11 is 0. The second-order valence-electron chi connectivity index (χ2n) is 8.49. The van der Waals surface area contributed by atoms with Crippen LogP contribution in [0.3, 0.4) is 0 Å². The highest BCUT2D eigenvalue weighted by molar-refractivity contribution is 6.02. The number of hydrogen-bond donors (Lipinski definition) is 2. The van der Waals surface area contributed by atoms with Gasteiger partial charge in [-0.1, -0.05) is 31.2 Å². The lowest BCUT2D eigenvalue weighted by Gasteiger charge is -2.18. The highest BCUT2D eigenvalue weighted by atomic mass is 16.7. The fourth-order valence-corrected chi connectivity index (χ4v) is 4.39. The van der Waals surface area contributed by atoms with Gasteiger partial charge in [0.1, 0.15) is 0 Å². The molecule has 1 fully saturated rings. The lowest BCUT2D eigenvalue weighted by atomic mass is 9.93. The van der Waals surface area contributed by atoms with Crippen molar-refractivity contribution >= 4 is 17.5 Å². The Bertz CT molecular complexity index is 1230. The van der Waals surface area contributed by atoms with Gasteiger partial charge in [0.2, 0.25) is 12.7 Å². The van der Waals surface area contributed by atoms with E-state index in [0.717, 1.165) is 47.4 Å². The van der Waals surface area contributed by atoms with Crippen molar-refractivity contribution < 1.29 is 19.1 Å². The number of anilines is 1. The van der Waals surface area contributed by atoms with Gasteiger partial charge >= 0.3 is 0 Å². The number of amides is 2. The van der Waals surface area contributed by atoms with Gasteiger partial charge in [0, 0.05) is 18.3 Å². The quantitative estimate of drug-likeness (QED) is 0.581. The van der Waals surface area contributed by atoms with E-state index in [2.05, 4.69) is 23.6 Å². The summed E-state index contributed by atoms with van der Waals surface area (Å²) in [7, 11) is 1.62. The van der Waals surface area contributed by atoms with Crippen LogP contribution in [0.1, 0.15) is 41.3 Å². The first-order valence-electron chi connectivity index (χ1n) is 11.2. The van der Waals surface area contributed by atoms with Crippen molar-refractivity contribution in [1.82, 2.24) is 5.32 Å². The predicted octanol–water partition coefficient (Wildman–Crippen LogP) is 4.67. The number of nitrogens with one attached hydrogen (secondary N) is 2. The van der Waals surface area contributed by atoms with Crippen molar-refractivity contribution in [2.24, 2.45) is 0 Å². The summed E-state index contributed by atoms with van der Waals surface area (Å²) in [6.07, 6.45) is 2.47. The molecule has 0 spiro atoms. The lowest BCUT2D eigenvalue weighted by Crippen LogP contribution is -2.27. The van der Waals surface area contributed by atoms with E-state index in [-0.39, 0.29) is 18.6 Å². The highest BCUT2D eigenvalue weighted by Crippen LogP contribution is 2.51. The van der Waals surface area contributed by atoms with Crippen molar-refractivity contribution in [2.45, 2.75) is 31.6 Å². The maximum atomic E-state index is 13.3. The molecule has 0 aromatic heterocycles. The number of benzene rings is 3. The molecule has 1 aliphatic carbocycles. The van der Waals surface area contributed by atoms with Crippen LogP contribution in [0.5, 0.6) is 11.5 Å². The second kappa shape index (κ2) is 8.28. The smallest absolute Gasteiger partial charge is 0.251 e. The predicted molar refractivity (Wildman–Crippen MR) is 127 cm³/mol. The number of aryl methyl sites for hydroxylation is 1. The van der Waals surface area contributed by atoms with Gasteiger partial charge in [-0.15, -0.1) is 0 Å². The molecule has 0 bridgehead atoms. The van der Waals surface area contributed by atoms with Gasteiger partial charge in [0.25, 0.3) is 5.91 Å². The number of fused-ring (bicyclic) bond motifs is 1. The Morgan fingerprint density at radius 1 is 0.939 bits per heavy atom. The van der Waals surface area contributed by atoms with Crippen molar-refractivity contribution in [2.75, 3.05) is 19.2 Å². The molecule has 0 saturated heterocycles. The first-order valence-corrected chi connectivity index (χ1v) is 11.2. The average molecular weight is 443 g/mol. The molecule has 0 atom stereocenters. The minimum absolute atomic E-state index is 0.00784. The molecule has 6 heteroatoms. The third-order valence-electron chi connectivity index (χ3n) is 6.54. The molecule has 1 heterocycles. The molecule has 2 aliphatic rings. The summed E-state index contributed by atoms with van der Waals surface area (Å²) in [6.45, 7) is 2.32. The van der Waals surface area contributed by atoms with E-state index < -0.39 is 5.41 Å². The van der Waals surface area contributed by atoms with Crippen LogP contribution in [0.15, 0.2) is 60.7 Å². The minimum atomic E-state index is -0.528. The standard InChI is InChI=1S/C27H26N2O4/c1-3-17-8-10-21(15-22(17)18-4-6-19(7-5-18)25(30)28-2)29-26(31)27(12-13-27)20-9-11-23-24(14-20)33-16-32-23/h4-11,14-15H,3,12-13,16H2,1-2H3,(H,28,30)(H,29,31). The Labute approximate surface area is 192 Å². The molecular weight excluding hydrogens is 416 g/mol. The summed E-state index contributed by atoms with van der Waals surface area (Å²) in [5.41, 5.74) is 5.04. The monoisotopic (exact) mass is 442 g/mol. The fraction of sp³-hybridized carbons (Fsp3) is 0.259. The molecule has 168 valence electrons. The Balaban J connectivity index is 1.40. The second-order valence-corrected chi connectivity index (χ2v) is 8.49.